The summed E-state index contributed by atoms with van der Waals surface area (Å²) in [7, 11) is 1.64. The van der Waals surface area contributed by atoms with Crippen molar-refractivity contribution in [3.05, 3.63) is 77.9 Å². The van der Waals surface area contributed by atoms with Gasteiger partial charge in [0.15, 0.2) is 5.78 Å². The molecule has 3 aromatic carbocycles. The van der Waals surface area contributed by atoms with Crippen molar-refractivity contribution in [2.75, 3.05) is 7.11 Å². The van der Waals surface area contributed by atoms with Gasteiger partial charge >= 0.3 is 0 Å². The fourth-order valence-electron chi connectivity index (χ4n) is 3.56. The van der Waals surface area contributed by atoms with Crippen LogP contribution in [-0.2, 0) is 5.79 Å². The van der Waals surface area contributed by atoms with Crippen molar-refractivity contribution in [3.63, 3.8) is 0 Å². The summed E-state index contributed by atoms with van der Waals surface area (Å²) in [5, 5.41) is 1.80. The predicted molar refractivity (Wildman–Crippen MR) is 93.3 cm³/mol. The van der Waals surface area contributed by atoms with Crippen LogP contribution in [0.1, 0.15) is 15.9 Å². The third-order valence-electron chi connectivity index (χ3n) is 4.69. The van der Waals surface area contributed by atoms with Crippen LogP contribution < -0.4 is 14.2 Å². The Morgan fingerprint density at radius 3 is 2.56 bits per heavy atom. The van der Waals surface area contributed by atoms with E-state index in [1.165, 1.54) is 6.08 Å². The molecule has 3 aromatic rings. The molecule has 0 saturated carbocycles. The van der Waals surface area contributed by atoms with Gasteiger partial charge in [-0.1, -0.05) is 36.4 Å². The average molecular weight is 330 g/mol. The van der Waals surface area contributed by atoms with Crippen molar-refractivity contribution in [1.29, 1.82) is 0 Å². The second-order valence-electron chi connectivity index (χ2n) is 6.06. The SMILES string of the molecule is COc1ccc2c3c(cccc13)OC1(C=CC(=O)c3ccccc31)O2. The first-order valence-electron chi connectivity index (χ1n) is 8.03. The minimum atomic E-state index is -1.14. The van der Waals surface area contributed by atoms with Gasteiger partial charge in [-0.2, -0.15) is 0 Å². The van der Waals surface area contributed by atoms with Crippen molar-refractivity contribution in [3.8, 4) is 17.2 Å². The van der Waals surface area contributed by atoms with Gasteiger partial charge in [-0.15, -0.1) is 0 Å². The molecule has 0 saturated heterocycles. The van der Waals surface area contributed by atoms with Crippen LogP contribution in [0.3, 0.4) is 0 Å². The molecule has 2 aliphatic rings. The molecule has 1 unspecified atom stereocenters. The lowest BCUT2D eigenvalue weighted by Gasteiger charge is -2.39. The molecule has 1 atom stereocenters. The van der Waals surface area contributed by atoms with Crippen LogP contribution in [0.2, 0.25) is 0 Å². The van der Waals surface area contributed by atoms with Crippen molar-refractivity contribution in [2.45, 2.75) is 5.79 Å². The molecule has 0 fully saturated rings. The zero-order valence-electron chi connectivity index (χ0n) is 13.5. The Bertz CT molecular complexity index is 1050. The molecule has 0 amide bonds. The molecule has 4 nitrogen and oxygen atoms in total. The molecule has 0 N–H and O–H groups in total. The summed E-state index contributed by atoms with van der Waals surface area (Å²) < 4.78 is 18.0. The topological polar surface area (TPSA) is 44.8 Å². The maximum atomic E-state index is 12.2. The molecule has 1 spiro atoms. The van der Waals surface area contributed by atoms with E-state index in [9.17, 15) is 4.79 Å². The lowest BCUT2D eigenvalue weighted by Crippen LogP contribution is -2.42. The summed E-state index contributed by atoms with van der Waals surface area (Å²) in [5.41, 5.74) is 1.30. The van der Waals surface area contributed by atoms with Crippen molar-refractivity contribution < 1.29 is 19.0 Å². The van der Waals surface area contributed by atoms with Crippen molar-refractivity contribution >= 4 is 16.6 Å². The van der Waals surface area contributed by atoms with Gasteiger partial charge in [0.1, 0.15) is 17.2 Å². The van der Waals surface area contributed by atoms with E-state index in [0.29, 0.717) is 22.6 Å². The smallest absolute Gasteiger partial charge is 0.299 e. The third kappa shape index (κ3) is 1.85. The van der Waals surface area contributed by atoms with E-state index in [1.807, 2.05) is 48.5 Å². The van der Waals surface area contributed by atoms with Crippen LogP contribution in [0.4, 0.5) is 0 Å². The number of ketones is 1. The largest absolute Gasteiger partial charge is 0.496 e. The maximum Gasteiger partial charge on any atom is 0.299 e. The molecule has 0 radical (unpaired) electrons. The standard InChI is InChI=1S/C21H14O4/c1-23-17-9-10-19-20-14(17)6-4-8-18(20)24-21(25-19)12-11-16(22)13-5-2-3-7-15(13)21/h2-12H,1H3. The minimum absolute atomic E-state index is 0.0489. The Balaban J connectivity index is 1.76. The Morgan fingerprint density at radius 1 is 0.920 bits per heavy atom. The third-order valence-corrected chi connectivity index (χ3v) is 4.69. The van der Waals surface area contributed by atoms with Crippen LogP contribution in [0.15, 0.2) is 66.7 Å². The number of ether oxygens (including phenoxy) is 3. The molecule has 0 bridgehead atoms. The Labute approximate surface area is 144 Å². The van der Waals surface area contributed by atoms with Crippen molar-refractivity contribution in [1.82, 2.24) is 0 Å². The predicted octanol–water partition coefficient (Wildman–Crippen LogP) is 4.23. The molecular weight excluding hydrogens is 316 g/mol. The second-order valence-corrected chi connectivity index (χ2v) is 6.06. The van der Waals surface area contributed by atoms with Crippen molar-refractivity contribution in [2.24, 2.45) is 0 Å². The summed E-state index contributed by atoms with van der Waals surface area (Å²) in [4.78, 5) is 12.2. The summed E-state index contributed by atoms with van der Waals surface area (Å²) in [6, 6.07) is 16.9. The first-order valence-corrected chi connectivity index (χ1v) is 8.03. The number of fused-ring (bicyclic) bond motifs is 2. The van der Waals surface area contributed by atoms with E-state index in [0.717, 1.165) is 16.5 Å². The molecule has 0 aromatic heterocycles. The molecule has 4 heteroatoms. The molecule has 122 valence electrons. The molecule has 1 aliphatic heterocycles. The van der Waals surface area contributed by atoms with Crippen LogP contribution in [0, 0.1) is 0 Å². The Kier molecular flexibility index (Phi) is 2.74. The highest BCUT2D eigenvalue weighted by molar-refractivity contribution is 6.07. The normalized spacial score (nSPS) is 20.1. The fraction of sp³-hybridized carbons (Fsp3) is 0.0952. The lowest BCUT2D eigenvalue weighted by atomic mass is 9.90. The zero-order chi connectivity index (χ0) is 17.0. The monoisotopic (exact) mass is 330 g/mol. The van der Waals surface area contributed by atoms with E-state index in [-0.39, 0.29) is 5.78 Å². The molecule has 5 rings (SSSR count). The summed E-state index contributed by atoms with van der Waals surface area (Å²) in [6.07, 6.45) is 3.20. The highest BCUT2D eigenvalue weighted by Crippen LogP contribution is 2.49. The molecular formula is C21H14O4. The quantitative estimate of drug-likeness (QED) is 0.670. The molecule has 1 aliphatic carbocycles. The van der Waals surface area contributed by atoms with Gasteiger partial charge < -0.3 is 14.2 Å². The average Bonchev–Trinajstić information content (AvgIpc) is 2.66. The number of carbonyl (C=O) groups is 1. The highest BCUT2D eigenvalue weighted by atomic mass is 16.7. The lowest BCUT2D eigenvalue weighted by molar-refractivity contribution is -0.0839. The number of carbonyl (C=O) groups excluding carboxylic acids is 1. The second kappa shape index (κ2) is 4.86. The number of methoxy groups -OCH3 is 1. The summed E-state index contributed by atoms with van der Waals surface area (Å²) in [6.45, 7) is 0. The zero-order valence-corrected chi connectivity index (χ0v) is 13.5. The van der Waals surface area contributed by atoms with Crippen LogP contribution in [0.25, 0.3) is 10.8 Å². The van der Waals surface area contributed by atoms with Gasteiger partial charge in [0, 0.05) is 17.0 Å². The van der Waals surface area contributed by atoms with Gasteiger partial charge in [-0.25, -0.2) is 0 Å². The highest BCUT2D eigenvalue weighted by Gasteiger charge is 2.43. The van der Waals surface area contributed by atoms with E-state index in [2.05, 4.69) is 0 Å². The molecule has 1 heterocycles. The van der Waals surface area contributed by atoms with E-state index < -0.39 is 5.79 Å². The van der Waals surface area contributed by atoms with Gasteiger partial charge in [-0.05, 0) is 24.3 Å². The van der Waals surface area contributed by atoms with Crippen LogP contribution in [-0.4, -0.2) is 12.9 Å². The first-order chi connectivity index (χ1) is 12.2. The summed E-state index contributed by atoms with van der Waals surface area (Å²) >= 11 is 0. The van der Waals surface area contributed by atoms with Gasteiger partial charge in [0.05, 0.1) is 18.1 Å². The Morgan fingerprint density at radius 2 is 1.72 bits per heavy atom. The first kappa shape index (κ1) is 14.1. The van der Waals surface area contributed by atoms with Gasteiger partial charge in [-0.3, -0.25) is 4.79 Å². The van der Waals surface area contributed by atoms with E-state index in [4.69, 9.17) is 14.2 Å². The number of rotatable bonds is 1. The van der Waals surface area contributed by atoms with Gasteiger partial charge in [0.25, 0.3) is 5.79 Å². The van der Waals surface area contributed by atoms with Gasteiger partial charge in [0.2, 0.25) is 0 Å². The maximum absolute atomic E-state index is 12.2. The van der Waals surface area contributed by atoms with Crippen LogP contribution in [0.5, 0.6) is 17.2 Å². The number of benzene rings is 3. The minimum Gasteiger partial charge on any atom is -0.496 e. The van der Waals surface area contributed by atoms with E-state index >= 15 is 0 Å². The van der Waals surface area contributed by atoms with E-state index in [1.54, 1.807) is 19.3 Å². The number of allylic oxidation sites excluding steroid dienone is 1. The molecule has 25 heavy (non-hydrogen) atoms. The number of hydrogen-bond acceptors (Lipinski definition) is 4. The van der Waals surface area contributed by atoms with Crippen LogP contribution >= 0.6 is 0 Å². The Hall–Kier alpha value is -3.27. The summed E-state index contributed by atoms with van der Waals surface area (Å²) in [5.74, 6) is 0.976. The fourth-order valence-corrected chi connectivity index (χ4v) is 3.56. The number of hydrogen-bond donors (Lipinski definition) is 0.